The molecule has 0 spiro atoms. The summed E-state index contributed by atoms with van der Waals surface area (Å²) < 4.78 is 38.7. The van der Waals surface area contributed by atoms with Gasteiger partial charge in [-0.15, -0.1) is 0 Å². The minimum absolute atomic E-state index is 0.0207. The smallest absolute Gasteiger partial charge is 0.253 e. The van der Waals surface area contributed by atoms with Gasteiger partial charge in [0.05, 0.1) is 18.6 Å². The molecule has 1 heterocycles. The number of piperazine rings is 1. The Hall–Kier alpha value is -3.89. The van der Waals surface area contributed by atoms with Crippen molar-refractivity contribution in [3.8, 4) is 22.6 Å². The highest BCUT2D eigenvalue weighted by atomic mass is 32.2. The maximum atomic E-state index is 13.3. The fourth-order valence-corrected chi connectivity index (χ4v) is 6.74. The van der Waals surface area contributed by atoms with Gasteiger partial charge >= 0.3 is 0 Å². The molecule has 3 aromatic rings. The lowest BCUT2D eigenvalue weighted by molar-refractivity contribution is -0.122. The van der Waals surface area contributed by atoms with E-state index in [4.69, 9.17) is 15.2 Å². The lowest BCUT2D eigenvalue weighted by Crippen LogP contribution is -2.60. The number of amides is 2. The van der Waals surface area contributed by atoms with E-state index in [0.717, 1.165) is 27.6 Å². The van der Waals surface area contributed by atoms with Gasteiger partial charge in [-0.1, -0.05) is 63.3 Å². The molecule has 0 bridgehead atoms. The van der Waals surface area contributed by atoms with Crippen molar-refractivity contribution in [2.75, 3.05) is 33.4 Å². The number of ether oxygens (including phenoxy) is 2. The highest BCUT2D eigenvalue weighted by Gasteiger charge is 2.40. The second-order valence-electron chi connectivity index (χ2n) is 10.7. The number of hydrogen-bond donors (Lipinski definition) is 1. The molecule has 0 saturated carbocycles. The van der Waals surface area contributed by atoms with Crippen molar-refractivity contribution >= 4 is 21.8 Å². The van der Waals surface area contributed by atoms with Crippen molar-refractivity contribution in [3.05, 3.63) is 78.4 Å². The van der Waals surface area contributed by atoms with Gasteiger partial charge in [-0.3, -0.25) is 9.59 Å². The van der Waals surface area contributed by atoms with E-state index in [-0.39, 0.29) is 30.4 Å². The molecule has 230 valence electrons. The van der Waals surface area contributed by atoms with Gasteiger partial charge in [0.25, 0.3) is 5.91 Å². The molecule has 0 aliphatic carbocycles. The first kappa shape index (κ1) is 32.0. The van der Waals surface area contributed by atoms with Gasteiger partial charge in [-0.2, -0.15) is 4.31 Å². The average Bonchev–Trinajstić information content (AvgIpc) is 3.04. The topological polar surface area (TPSA) is 119 Å². The number of primary amides is 1. The van der Waals surface area contributed by atoms with E-state index in [0.29, 0.717) is 17.9 Å². The number of unbranched alkanes of at least 4 members (excludes halogenated alkanes) is 5. The Bertz CT molecular complexity index is 1460. The van der Waals surface area contributed by atoms with Crippen molar-refractivity contribution < 1.29 is 27.5 Å². The number of carbonyl (C=O) groups excluding carboxylic acids is 2. The highest BCUT2D eigenvalue weighted by molar-refractivity contribution is 7.89. The fraction of sp³-hybridized carbons (Fsp3) is 0.394. The molecule has 1 saturated heterocycles. The fourth-order valence-electron chi connectivity index (χ4n) is 5.16. The third-order valence-electron chi connectivity index (χ3n) is 7.70. The predicted octanol–water partition coefficient (Wildman–Crippen LogP) is 5.10. The van der Waals surface area contributed by atoms with E-state index in [9.17, 15) is 18.0 Å². The van der Waals surface area contributed by atoms with E-state index in [1.165, 1.54) is 68.4 Å². The van der Waals surface area contributed by atoms with Gasteiger partial charge in [-0.05, 0) is 66.1 Å². The van der Waals surface area contributed by atoms with E-state index in [1.807, 2.05) is 36.4 Å². The third-order valence-corrected chi connectivity index (χ3v) is 9.62. The summed E-state index contributed by atoms with van der Waals surface area (Å²) in [6, 6.07) is 19.8. The first-order chi connectivity index (χ1) is 20.7. The van der Waals surface area contributed by atoms with Crippen molar-refractivity contribution in [1.82, 2.24) is 9.21 Å². The largest absolute Gasteiger partial charge is 0.497 e. The molecule has 1 unspecified atom stereocenters. The zero-order valence-electron chi connectivity index (χ0n) is 24.9. The van der Waals surface area contributed by atoms with Crippen LogP contribution in [0.25, 0.3) is 11.1 Å². The molecule has 4 rings (SSSR count). The summed E-state index contributed by atoms with van der Waals surface area (Å²) in [5.41, 5.74) is 8.01. The Morgan fingerprint density at radius 1 is 0.814 bits per heavy atom. The normalized spacial score (nSPS) is 15.7. The molecule has 1 atom stereocenters. The molecule has 2 N–H and O–H groups in total. The minimum atomic E-state index is -4.02. The summed E-state index contributed by atoms with van der Waals surface area (Å²) in [4.78, 5) is 27.2. The van der Waals surface area contributed by atoms with Crippen LogP contribution in [-0.4, -0.2) is 68.8 Å². The summed E-state index contributed by atoms with van der Waals surface area (Å²) in [6.45, 7) is 2.86. The number of methoxy groups -OCH3 is 1. The molecule has 0 aromatic heterocycles. The summed E-state index contributed by atoms with van der Waals surface area (Å²) in [5.74, 6) is 0.236. The SMILES string of the molecule is CCCCCCCCOc1ccc(-c2ccc(C(=O)N3CCN(S(=O)(=O)c4ccc(OC)cc4)C(C(N)=O)C3)cc2)cc1. The van der Waals surface area contributed by atoms with Gasteiger partial charge < -0.3 is 20.1 Å². The monoisotopic (exact) mass is 607 g/mol. The number of sulfonamides is 1. The Balaban J connectivity index is 1.35. The third kappa shape index (κ3) is 8.14. The van der Waals surface area contributed by atoms with Crippen LogP contribution in [0, 0.1) is 0 Å². The molecule has 1 aliphatic heterocycles. The van der Waals surface area contributed by atoms with Crippen LogP contribution in [0.1, 0.15) is 55.8 Å². The molecule has 1 fully saturated rings. The number of rotatable bonds is 14. The van der Waals surface area contributed by atoms with Crippen molar-refractivity contribution in [2.24, 2.45) is 5.73 Å². The number of nitrogens with two attached hydrogens (primary N) is 1. The number of nitrogens with zero attached hydrogens (tertiary/aromatic N) is 2. The summed E-state index contributed by atoms with van der Waals surface area (Å²) >= 11 is 0. The maximum absolute atomic E-state index is 13.3. The van der Waals surface area contributed by atoms with E-state index >= 15 is 0 Å². The van der Waals surface area contributed by atoms with E-state index in [2.05, 4.69) is 6.92 Å². The van der Waals surface area contributed by atoms with Gasteiger partial charge in [0.2, 0.25) is 15.9 Å². The predicted molar refractivity (Wildman–Crippen MR) is 167 cm³/mol. The van der Waals surface area contributed by atoms with Crippen LogP contribution in [0.2, 0.25) is 0 Å². The van der Waals surface area contributed by atoms with Crippen LogP contribution in [0.3, 0.4) is 0 Å². The quantitative estimate of drug-likeness (QED) is 0.255. The Kier molecular flexibility index (Phi) is 11.2. The Morgan fingerprint density at radius 3 is 2.00 bits per heavy atom. The molecular formula is C33H41N3O6S. The Morgan fingerprint density at radius 2 is 1.40 bits per heavy atom. The van der Waals surface area contributed by atoms with E-state index < -0.39 is 22.0 Å². The first-order valence-electron chi connectivity index (χ1n) is 14.8. The zero-order chi connectivity index (χ0) is 30.8. The number of carbonyl (C=O) groups is 2. The zero-order valence-corrected chi connectivity index (χ0v) is 25.7. The van der Waals surface area contributed by atoms with Crippen molar-refractivity contribution in [1.29, 1.82) is 0 Å². The highest BCUT2D eigenvalue weighted by Crippen LogP contribution is 2.26. The summed E-state index contributed by atoms with van der Waals surface area (Å²) in [5, 5.41) is 0. The van der Waals surface area contributed by atoms with Gasteiger partial charge in [0.15, 0.2) is 0 Å². The summed E-state index contributed by atoms with van der Waals surface area (Å²) in [7, 11) is -2.53. The number of hydrogen-bond acceptors (Lipinski definition) is 6. The first-order valence-corrected chi connectivity index (χ1v) is 16.3. The van der Waals surface area contributed by atoms with Crippen LogP contribution in [0.5, 0.6) is 11.5 Å². The molecule has 9 nitrogen and oxygen atoms in total. The molecule has 43 heavy (non-hydrogen) atoms. The van der Waals surface area contributed by atoms with Crippen LogP contribution in [0.15, 0.2) is 77.7 Å². The lowest BCUT2D eigenvalue weighted by Gasteiger charge is -2.39. The molecule has 1 aliphatic rings. The Labute approximate surface area is 254 Å². The molecule has 3 aromatic carbocycles. The molecule has 2 amide bonds. The van der Waals surface area contributed by atoms with Gasteiger partial charge in [0.1, 0.15) is 17.5 Å². The van der Waals surface area contributed by atoms with Crippen LogP contribution in [-0.2, 0) is 14.8 Å². The molecule has 0 radical (unpaired) electrons. The van der Waals surface area contributed by atoms with Gasteiger partial charge in [-0.25, -0.2) is 8.42 Å². The minimum Gasteiger partial charge on any atom is -0.497 e. The van der Waals surface area contributed by atoms with Crippen LogP contribution < -0.4 is 15.2 Å². The number of benzene rings is 3. The van der Waals surface area contributed by atoms with E-state index in [1.54, 1.807) is 12.1 Å². The van der Waals surface area contributed by atoms with Gasteiger partial charge in [0, 0.05) is 25.2 Å². The summed E-state index contributed by atoms with van der Waals surface area (Å²) in [6.07, 6.45) is 7.32. The van der Waals surface area contributed by atoms with Crippen molar-refractivity contribution in [2.45, 2.75) is 56.4 Å². The lowest BCUT2D eigenvalue weighted by atomic mass is 10.0. The van der Waals surface area contributed by atoms with Crippen LogP contribution in [0.4, 0.5) is 0 Å². The van der Waals surface area contributed by atoms with Crippen molar-refractivity contribution in [3.63, 3.8) is 0 Å². The molecule has 10 heteroatoms. The average molecular weight is 608 g/mol. The second-order valence-corrected chi connectivity index (χ2v) is 12.6. The second kappa shape index (κ2) is 15.0. The molecular weight excluding hydrogens is 566 g/mol. The maximum Gasteiger partial charge on any atom is 0.253 e. The standard InChI is InChI=1S/C33H41N3O6S/c1-3-4-5-6-7-8-23-42-29-15-13-26(14-16-29)25-9-11-27(12-10-25)33(38)35-21-22-36(31(24-35)32(34)37)43(39,40)30-19-17-28(41-2)18-20-30/h9-20,31H,3-8,21-24H2,1-2H3,(H2,34,37). The van der Waals surface area contributed by atoms with Crippen LogP contribution >= 0.6 is 0 Å².